The molecule has 1 aromatic carbocycles. The minimum atomic E-state index is -3.43. The van der Waals surface area contributed by atoms with E-state index in [1.54, 1.807) is 29.8 Å². The summed E-state index contributed by atoms with van der Waals surface area (Å²) in [7, 11) is -3.43. The number of aromatic nitrogens is 3. The summed E-state index contributed by atoms with van der Waals surface area (Å²) in [5, 5.41) is 8.30. The van der Waals surface area contributed by atoms with Crippen LogP contribution in [0.15, 0.2) is 34.9 Å². The van der Waals surface area contributed by atoms with Crippen molar-refractivity contribution in [2.24, 2.45) is 0 Å². The second-order valence-electron chi connectivity index (χ2n) is 6.57. The number of aryl methyl sites for hydroxylation is 1. The Kier molecular flexibility index (Phi) is 4.14. The molecule has 26 heavy (non-hydrogen) atoms. The number of benzene rings is 1. The third-order valence-electron chi connectivity index (χ3n) is 4.49. The summed E-state index contributed by atoms with van der Waals surface area (Å²) in [6.07, 6.45) is 2.61. The molecule has 0 aliphatic heterocycles. The topological polar surface area (TPSA) is 78.0 Å². The lowest BCUT2D eigenvalue weighted by molar-refractivity contribution is 0.392. The fraction of sp³-hybridized carbons (Fsp3) is 0.333. The van der Waals surface area contributed by atoms with Crippen molar-refractivity contribution < 1.29 is 17.3 Å². The van der Waals surface area contributed by atoms with Crippen LogP contribution >= 0.6 is 0 Å². The first kappa shape index (κ1) is 17.0. The zero-order valence-electron chi connectivity index (χ0n) is 14.3. The molecule has 8 heteroatoms. The Morgan fingerprint density at radius 3 is 2.65 bits per heavy atom. The smallest absolute Gasteiger partial charge is 0.161 e. The second kappa shape index (κ2) is 6.35. The Hall–Kier alpha value is -2.48. The van der Waals surface area contributed by atoms with E-state index < -0.39 is 9.84 Å². The van der Waals surface area contributed by atoms with Crippen LogP contribution in [-0.2, 0) is 34.2 Å². The average Bonchev–Trinajstić information content (AvgIpc) is 3.27. The highest BCUT2D eigenvalue weighted by Crippen LogP contribution is 2.29. The molecule has 2 heterocycles. The van der Waals surface area contributed by atoms with Gasteiger partial charge in [0.05, 0.1) is 28.6 Å². The molecule has 0 bridgehead atoms. The molecule has 0 saturated carbocycles. The minimum Gasteiger partial charge on any atom is -0.361 e. The highest BCUT2D eigenvalue weighted by atomic mass is 32.2. The van der Waals surface area contributed by atoms with E-state index in [0.29, 0.717) is 17.1 Å². The summed E-state index contributed by atoms with van der Waals surface area (Å²) in [4.78, 5) is 0. The molecule has 0 saturated heterocycles. The Labute approximate surface area is 150 Å². The molecule has 0 radical (unpaired) electrons. The number of fused-ring (bicyclic) bond motifs is 1. The van der Waals surface area contributed by atoms with Crippen molar-refractivity contribution >= 4 is 9.84 Å². The maximum atomic E-state index is 13.2. The molecule has 1 aliphatic carbocycles. The van der Waals surface area contributed by atoms with Gasteiger partial charge in [-0.15, -0.1) is 0 Å². The molecule has 3 aromatic rings. The van der Waals surface area contributed by atoms with Crippen molar-refractivity contribution in [1.82, 2.24) is 14.9 Å². The van der Waals surface area contributed by atoms with Crippen LogP contribution in [0.4, 0.5) is 4.39 Å². The lowest BCUT2D eigenvalue weighted by Crippen LogP contribution is -2.10. The number of rotatable bonds is 5. The lowest BCUT2D eigenvalue weighted by atomic mass is 10.2. The van der Waals surface area contributed by atoms with Crippen LogP contribution in [0.5, 0.6) is 0 Å². The van der Waals surface area contributed by atoms with Crippen molar-refractivity contribution in [3.63, 3.8) is 0 Å². The zero-order valence-corrected chi connectivity index (χ0v) is 15.1. The molecule has 136 valence electrons. The SMILES string of the molecule is Cc1cc(CS(=O)(=O)Cc2nn(-c3ccc(F)cc3)c3c2CCC3)no1. The van der Waals surface area contributed by atoms with Gasteiger partial charge in [-0.3, -0.25) is 0 Å². The van der Waals surface area contributed by atoms with E-state index in [2.05, 4.69) is 10.3 Å². The third kappa shape index (κ3) is 3.29. The molecular formula is C18H18FN3O3S. The zero-order chi connectivity index (χ0) is 18.3. The summed E-state index contributed by atoms with van der Waals surface area (Å²) in [5.41, 5.74) is 3.72. The van der Waals surface area contributed by atoms with E-state index in [4.69, 9.17) is 4.52 Å². The Balaban J connectivity index is 1.65. The lowest BCUT2D eigenvalue weighted by Gasteiger charge is -2.05. The van der Waals surface area contributed by atoms with Crippen LogP contribution in [0, 0.1) is 12.7 Å². The first-order valence-corrected chi connectivity index (χ1v) is 10.2. The van der Waals surface area contributed by atoms with Crippen molar-refractivity contribution in [3.8, 4) is 5.69 Å². The van der Waals surface area contributed by atoms with Gasteiger partial charge >= 0.3 is 0 Å². The molecule has 0 atom stereocenters. The van der Waals surface area contributed by atoms with E-state index >= 15 is 0 Å². The average molecular weight is 375 g/mol. The van der Waals surface area contributed by atoms with E-state index in [0.717, 1.165) is 36.2 Å². The van der Waals surface area contributed by atoms with Crippen LogP contribution in [0.2, 0.25) is 0 Å². The predicted octanol–water partition coefficient (Wildman–Crippen LogP) is 2.91. The quantitative estimate of drug-likeness (QED) is 0.685. The normalized spacial score (nSPS) is 13.9. The van der Waals surface area contributed by atoms with Crippen LogP contribution in [-0.4, -0.2) is 23.4 Å². The molecule has 2 aromatic heterocycles. The third-order valence-corrected chi connectivity index (χ3v) is 5.93. The van der Waals surface area contributed by atoms with Gasteiger partial charge in [-0.25, -0.2) is 17.5 Å². The summed E-state index contributed by atoms with van der Waals surface area (Å²) in [5.74, 6) is -0.0576. The standard InChI is InChI=1S/C18H18FN3O3S/c1-12-9-14(21-25-12)10-26(23,24)11-17-16-3-2-4-18(16)22(20-17)15-7-5-13(19)6-8-15/h5-9H,2-4,10-11H2,1H3. The highest BCUT2D eigenvalue weighted by molar-refractivity contribution is 7.89. The molecule has 0 amide bonds. The number of hydrogen-bond acceptors (Lipinski definition) is 5. The summed E-state index contributed by atoms with van der Waals surface area (Å²) in [6, 6.07) is 7.68. The molecule has 0 N–H and O–H groups in total. The summed E-state index contributed by atoms with van der Waals surface area (Å²) < 4.78 is 45.1. The second-order valence-corrected chi connectivity index (χ2v) is 8.64. The fourth-order valence-electron chi connectivity index (χ4n) is 3.40. The Bertz CT molecular complexity index is 1050. The highest BCUT2D eigenvalue weighted by Gasteiger charge is 2.27. The van der Waals surface area contributed by atoms with Gasteiger partial charge in [-0.1, -0.05) is 5.16 Å². The Morgan fingerprint density at radius 2 is 1.96 bits per heavy atom. The molecule has 4 rings (SSSR count). The summed E-state index contributed by atoms with van der Waals surface area (Å²) >= 11 is 0. The van der Waals surface area contributed by atoms with Gasteiger partial charge in [0.15, 0.2) is 9.84 Å². The van der Waals surface area contributed by atoms with Crippen LogP contribution in [0.25, 0.3) is 5.69 Å². The molecule has 0 fully saturated rings. The summed E-state index contributed by atoms with van der Waals surface area (Å²) in [6.45, 7) is 1.72. The van der Waals surface area contributed by atoms with E-state index in [1.165, 1.54) is 12.1 Å². The van der Waals surface area contributed by atoms with Crippen molar-refractivity contribution in [1.29, 1.82) is 0 Å². The molecular weight excluding hydrogens is 357 g/mol. The molecule has 0 unspecified atom stereocenters. The van der Waals surface area contributed by atoms with Crippen LogP contribution < -0.4 is 0 Å². The van der Waals surface area contributed by atoms with E-state index in [9.17, 15) is 12.8 Å². The van der Waals surface area contributed by atoms with Crippen molar-refractivity contribution in [2.75, 3.05) is 0 Å². The number of sulfone groups is 1. The fourth-order valence-corrected chi connectivity index (χ4v) is 4.73. The van der Waals surface area contributed by atoms with Gasteiger partial charge in [0.2, 0.25) is 0 Å². The van der Waals surface area contributed by atoms with E-state index in [-0.39, 0.29) is 17.3 Å². The maximum absolute atomic E-state index is 13.2. The maximum Gasteiger partial charge on any atom is 0.161 e. The monoisotopic (exact) mass is 375 g/mol. The van der Waals surface area contributed by atoms with Gasteiger partial charge in [0.1, 0.15) is 11.6 Å². The van der Waals surface area contributed by atoms with Crippen molar-refractivity contribution in [3.05, 3.63) is 64.6 Å². The Morgan fingerprint density at radius 1 is 1.19 bits per heavy atom. The number of halogens is 1. The van der Waals surface area contributed by atoms with Gasteiger partial charge in [0.25, 0.3) is 0 Å². The minimum absolute atomic E-state index is 0.143. The number of nitrogens with zero attached hydrogens (tertiary/aromatic N) is 3. The first-order valence-electron chi connectivity index (χ1n) is 8.39. The predicted molar refractivity (Wildman–Crippen MR) is 93.1 cm³/mol. The van der Waals surface area contributed by atoms with Crippen LogP contribution in [0.3, 0.4) is 0 Å². The van der Waals surface area contributed by atoms with Gasteiger partial charge in [-0.05, 0) is 56.0 Å². The van der Waals surface area contributed by atoms with Gasteiger partial charge < -0.3 is 4.52 Å². The van der Waals surface area contributed by atoms with Gasteiger partial charge in [-0.2, -0.15) is 5.10 Å². The number of hydrogen-bond donors (Lipinski definition) is 0. The van der Waals surface area contributed by atoms with E-state index in [1.807, 2.05) is 0 Å². The molecule has 0 spiro atoms. The molecule has 6 nitrogen and oxygen atoms in total. The van der Waals surface area contributed by atoms with Crippen LogP contribution in [0.1, 0.15) is 34.8 Å². The van der Waals surface area contributed by atoms with Gasteiger partial charge in [0, 0.05) is 11.8 Å². The van der Waals surface area contributed by atoms with Crippen molar-refractivity contribution in [2.45, 2.75) is 37.7 Å². The molecule has 1 aliphatic rings. The first-order chi connectivity index (χ1) is 12.4. The largest absolute Gasteiger partial charge is 0.361 e.